The molecule has 1 spiro atoms. The van der Waals surface area contributed by atoms with Crippen LogP contribution in [0.15, 0.2) is 47.3 Å². The monoisotopic (exact) mass is 343 g/mol. The Balaban J connectivity index is 1.43. The van der Waals surface area contributed by atoms with E-state index in [4.69, 9.17) is 13.9 Å². The third kappa shape index (κ3) is 4.27. The molecule has 0 aromatic carbocycles. The lowest BCUT2D eigenvalue weighted by molar-refractivity contribution is -0.144. The number of hydrogen-bond donors (Lipinski definition) is 0. The van der Waals surface area contributed by atoms with Crippen molar-refractivity contribution in [2.45, 2.75) is 18.7 Å². The van der Waals surface area contributed by atoms with Crippen molar-refractivity contribution in [3.05, 3.63) is 54.2 Å². The van der Waals surface area contributed by atoms with E-state index in [-0.39, 0.29) is 5.60 Å². The highest BCUT2D eigenvalue weighted by Gasteiger charge is 2.40. The van der Waals surface area contributed by atoms with Crippen molar-refractivity contribution in [3.8, 4) is 0 Å². The molecule has 2 aliphatic rings. The van der Waals surface area contributed by atoms with E-state index < -0.39 is 0 Å². The molecular formula is C19H25N3O3. The van der Waals surface area contributed by atoms with Crippen molar-refractivity contribution in [1.29, 1.82) is 0 Å². The number of morpholine rings is 1. The van der Waals surface area contributed by atoms with Crippen LogP contribution in [-0.2, 0) is 22.6 Å². The van der Waals surface area contributed by atoms with Gasteiger partial charge in [-0.2, -0.15) is 0 Å². The number of ether oxygens (including phenoxy) is 2. The van der Waals surface area contributed by atoms with Gasteiger partial charge in [0.2, 0.25) is 0 Å². The van der Waals surface area contributed by atoms with Gasteiger partial charge >= 0.3 is 0 Å². The Morgan fingerprint density at radius 3 is 2.60 bits per heavy atom. The summed E-state index contributed by atoms with van der Waals surface area (Å²) in [5, 5.41) is 0. The summed E-state index contributed by atoms with van der Waals surface area (Å²) in [7, 11) is 0. The maximum Gasteiger partial charge on any atom is 0.117 e. The van der Waals surface area contributed by atoms with Crippen LogP contribution in [-0.4, -0.2) is 66.4 Å². The second-order valence-corrected chi connectivity index (χ2v) is 6.94. The van der Waals surface area contributed by atoms with E-state index >= 15 is 0 Å². The van der Waals surface area contributed by atoms with Crippen LogP contribution in [0.25, 0.3) is 0 Å². The van der Waals surface area contributed by atoms with Crippen LogP contribution in [0.4, 0.5) is 0 Å². The van der Waals surface area contributed by atoms with Crippen molar-refractivity contribution < 1.29 is 13.9 Å². The molecule has 0 aliphatic carbocycles. The average molecular weight is 343 g/mol. The molecule has 6 nitrogen and oxygen atoms in total. The molecule has 134 valence electrons. The first kappa shape index (κ1) is 16.7. The van der Waals surface area contributed by atoms with Gasteiger partial charge in [0.05, 0.1) is 32.6 Å². The maximum atomic E-state index is 6.25. The molecule has 2 saturated heterocycles. The lowest BCUT2D eigenvalue weighted by Crippen LogP contribution is -2.58. The largest absolute Gasteiger partial charge is 0.468 e. The van der Waals surface area contributed by atoms with E-state index in [2.05, 4.69) is 26.9 Å². The average Bonchev–Trinajstić information content (AvgIpc) is 3.05. The highest BCUT2D eigenvalue weighted by Crippen LogP contribution is 2.24. The van der Waals surface area contributed by atoms with Crippen LogP contribution in [0.5, 0.6) is 0 Å². The van der Waals surface area contributed by atoms with Crippen LogP contribution in [0.1, 0.15) is 11.3 Å². The van der Waals surface area contributed by atoms with Crippen molar-refractivity contribution in [1.82, 2.24) is 14.8 Å². The van der Waals surface area contributed by atoms with Crippen LogP contribution < -0.4 is 0 Å². The lowest BCUT2D eigenvalue weighted by Gasteiger charge is -2.43. The first-order valence-electron chi connectivity index (χ1n) is 8.89. The van der Waals surface area contributed by atoms with E-state index in [0.29, 0.717) is 6.61 Å². The number of pyridine rings is 1. The molecule has 1 atom stereocenters. The van der Waals surface area contributed by atoms with Crippen molar-refractivity contribution in [3.63, 3.8) is 0 Å². The minimum Gasteiger partial charge on any atom is -0.468 e. The number of furan rings is 1. The lowest BCUT2D eigenvalue weighted by atomic mass is 10.0. The molecule has 0 unspecified atom stereocenters. The van der Waals surface area contributed by atoms with Gasteiger partial charge in [0, 0.05) is 45.1 Å². The van der Waals surface area contributed by atoms with E-state index in [1.54, 1.807) is 6.26 Å². The third-order valence-electron chi connectivity index (χ3n) is 4.87. The normalized spacial score (nSPS) is 25.9. The number of rotatable bonds is 4. The molecule has 0 amide bonds. The topological polar surface area (TPSA) is 51.0 Å². The fourth-order valence-electron chi connectivity index (χ4n) is 3.73. The molecule has 0 radical (unpaired) electrons. The summed E-state index contributed by atoms with van der Waals surface area (Å²) in [5.41, 5.74) is 1.00. The molecule has 2 aromatic rings. The Kier molecular flexibility index (Phi) is 5.12. The molecule has 0 saturated carbocycles. The summed E-state index contributed by atoms with van der Waals surface area (Å²) in [6, 6.07) is 8.12. The smallest absolute Gasteiger partial charge is 0.117 e. The van der Waals surface area contributed by atoms with E-state index in [9.17, 15) is 0 Å². The zero-order valence-corrected chi connectivity index (χ0v) is 14.5. The molecule has 2 aliphatic heterocycles. The quantitative estimate of drug-likeness (QED) is 0.843. The Hall–Kier alpha value is -1.73. The first-order valence-corrected chi connectivity index (χ1v) is 8.89. The van der Waals surface area contributed by atoms with Gasteiger partial charge in [0.25, 0.3) is 0 Å². The Morgan fingerprint density at radius 1 is 1.00 bits per heavy atom. The summed E-state index contributed by atoms with van der Waals surface area (Å²) in [4.78, 5) is 8.94. The SMILES string of the molecule is c1coc(CN2CCO[C@]3(COCCN(Cc4ccncc4)C3)C2)c1. The number of aromatic nitrogens is 1. The van der Waals surface area contributed by atoms with Gasteiger partial charge in [-0.15, -0.1) is 0 Å². The van der Waals surface area contributed by atoms with Gasteiger partial charge in [-0.05, 0) is 29.8 Å². The summed E-state index contributed by atoms with van der Waals surface area (Å²) in [5.74, 6) is 1.00. The summed E-state index contributed by atoms with van der Waals surface area (Å²) >= 11 is 0. The zero-order chi connectivity index (χ0) is 17.0. The molecule has 25 heavy (non-hydrogen) atoms. The predicted octanol–water partition coefficient (Wildman–Crippen LogP) is 1.78. The fraction of sp³-hybridized carbons (Fsp3) is 0.526. The highest BCUT2D eigenvalue weighted by atomic mass is 16.5. The van der Waals surface area contributed by atoms with Gasteiger partial charge in [-0.3, -0.25) is 14.8 Å². The predicted molar refractivity (Wildman–Crippen MR) is 93.0 cm³/mol. The van der Waals surface area contributed by atoms with Crippen molar-refractivity contribution >= 4 is 0 Å². The van der Waals surface area contributed by atoms with Gasteiger partial charge in [0.1, 0.15) is 11.4 Å². The number of nitrogens with zero attached hydrogens (tertiary/aromatic N) is 3. The minimum absolute atomic E-state index is 0.269. The minimum atomic E-state index is -0.269. The standard InChI is InChI=1S/C19H25N3O3/c1-2-18(24-9-1)13-22-8-11-25-19(15-22)14-21(7-10-23-16-19)12-17-3-5-20-6-4-17/h1-6,9H,7-8,10-16H2/t19-/m0/s1. The highest BCUT2D eigenvalue weighted by molar-refractivity contribution is 5.10. The molecule has 4 heterocycles. The number of hydrogen-bond acceptors (Lipinski definition) is 6. The Labute approximate surface area is 148 Å². The van der Waals surface area contributed by atoms with E-state index in [0.717, 1.165) is 58.2 Å². The molecule has 0 bridgehead atoms. The molecular weight excluding hydrogens is 318 g/mol. The Morgan fingerprint density at radius 2 is 1.80 bits per heavy atom. The summed E-state index contributed by atoms with van der Waals surface area (Å²) in [6.45, 7) is 7.43. The van der Waals surface area contributed by atoms with Crippen molar-refractivity contribution in [2.75, 3.05) is 46.0 Å². The summed E-state index contributed by atoms with van der Waals surface area (Å²) in [6.07, 6.45) is 5.43. The van der Waals surface area contributed by atoms with E-state index in [1.807, 2.05) is 24.5 Å². The third-order valence-corrected chi connectivity index (χ3v) is 4.87. The fourth-order valence-corrected chi connectivity index (χ4v) is 3.73. The molecule has 0 N–H and O–H groups in total. The van der Waals surface area contributed by atoms with Crippen LogP contribution >= 0.6 is 0 Å². The van der Waals surface area contributed by atoms with Crippen LogP contribution in [0.3, 0.4) is 0 Å². The second-order valence-electron chi connectivity index (χ2n) is 6.94. The molecule has 2 fully saturated rings. The van der Waals surface area contributed by atoms with Gasteiger partial charge < -0.3 is 13.9 Å². The van der Waals surface area contributed by atoms with Gasteiger partial charge in [-0.1, -0.05) is 0 Å². The molecule has 2 aromatic heterocycles. The second kappa shape index (κ2) is 7.66. The van der Waals surface area contributed by atoms with Crippen LogP contribution in [0, 0.1) is 0 Å². The summed E-state index contributed by atoms with van der Waals surface area (Å²) < 4.78 is 17.7. The van der Waals surface area contributed by atoms with Gasteiger partial charge in [-0.25, -0.2) is 0 Å². The first-order chi connectivity index (χ1) is 12.3. The van der Waals surface area contributed by atoms with Crippen molar-refractivity contribution in [2.24, 2.45) is 0 Å². The van der Waals surface area contributed by atoms with E-state index in [1.165, 1.54) is 5.56 Å². The molecule has 4 rings (SSSR count). The van der Waals surface area contributed by atoms with Crippen LogP contribution in [0.2, 0.25) is 0 Å². The Bertz CT molecular complexity index is 649. The van der Waals surface area contributed by atoms with Gasteiger partial charge in [0.15, 0.2) is 0 Å². The molecule has 6 heteroatoms. The maximum absolute atomic E-state index is 6.25. The zero-order valence-electron chi connectivity index (χ0n) is 14.5.